The SMILES string of the molecule is Cl.O=C(CC1CCNCC1)NCCOC1CCCC1. The van der Waals surface area contributed by atoms with E-state index in [0.29, 0.717) is 31.6 Å². The number of hydrogen-bond acceptors (Lipinski definition) is 3. The van der Waals surface area contributed by atoms with Gasteiger partial charge in [0.05, 0.1) is 12.7 Å². The minimum Gasteiger partial charge on any atom is -0.376 e. The Balaban J connectivity index is 0.00000180. The molecule has 0 atom stereocenters. The Morgan fingerprint density at radius 2 is 1.84 bits per heavy atom. The van der Waals surface area contributed by atoms with Crippen LogP contribution in [0.2, 0.25) is 0 Å². The van der Waals surface area contributed by atoms with Gasteiger partial charge in [0.15, 0.2) is 0 Å². The molecule has 0 spiro atoms. The van der Waals surface area contributed by atoms with Crippen LogP contribution in [0.5, 0.6) is 0 Å². The van der Waals surface area contributed by atoms with E-state index >= 15 is 0 Å². The van der Waals surface area contributed by atoms with E-state index in [0.717, 1.165) is 25.9 Å². The Hall–Kier alpha value is -0.320. The zero-order valence-corrected chi connectivity index (χ0v) is 12.5. The van der Waals surface area contributed by atoms with Crippen molar-refractivity contribution in [2.75, 3.05) is 26.2 Å². The van der Waals surface area contributed by atoms with Gasteiger partial charge in [-0.25, -0.2) is 0 Å². The lowest BCUT2D eigenvalue weighted by molar-refractivity contribution is -0.122. The molecule has 1 amide bonds. The Kier molecular flexibility index (Phi) is 8.42. The Morgan fingerprint density at radius 1 is 1.16 bits per heavy atom. The van der Waals surface area contributed by atoms with Gasteiger partial charge in [0.1, 0.15) is 0 Å². The van der Waals surface area contributed by atoms with E-state index in [9.17, 15) is 4.79 Å². The predicted octanol–water partition coefficient (Wildman–Crippen LogP) is 1.87. The van der Waals surface area contributed by atoms with Crippen molar-refractivity contribution in [2.24, 2.45) is 5.92 Å². The third kappa shape index (κ3) is 6.59. The molecular formula is C14H27ClN2O2. The van der Waals surface area contributed by atoms with Crippen LogP contribution in [-0.4, -0.2) is 38.3 Å². The first-order chi connectivity index (χ1) is 8.84. The Bertz CT molecular complexity index is 252. The molecule has 0 radical (unpaired) electrons. The normalized spacial score (nSPS) is 21.1. The summed E-state index contributed by atoms with van der Waals surface area (Å²) < 4.78 is 5.72. The summed E-state index contributed by atoms with van der Waals surface area (Å²) in [6.45, 7) is 3.45. The van der Waals surface area contributed by atoms with Gasteiger partial charge in [-0.05, 0) is 44.7 Å². The lowest BCUT2D eigenvalue weighted by Crippen LogP contribution is -2.33. The molecule has 2 aliphatic rings. The van der Waals surface area contributed by atoms with E-state index in [2.05, 4.69) is 10.6 Å². The fraction of sp³-hybridized carbons (Fsp3) is 0.929. The zero-order chi connectivity index (χ0) is 12.6. The molecule has 19 heavy (non-hydrogen) atoms. The molecule has 0 bridgehead atoms. The van der Waals surface area contributed by atoms with Crippen LogP contribution in [0.25, 0.3) is 0 Å². The minimum atomic E-state index is 0. The van der Waals surface area contributed by atoms with Gasteiger partial charge in [0, 0.05) is 13.0 Å². The zero-order valence-electron chi connectivity index (χ0n) is 11.7. The summed E-state index contributed by atoms with van der Waals surface area (Å²) in [5, 5.41) is 6.29. The third-order valence-electron chi connectivity index (χ3n) is 4.01. The molecular weight excluding hydrogens is 264 g/mol. The first kappa shape index (κ1) is 16.7. The highest BCUT2D eigenvalue weighted by molar-refractivity contribution is 5.85. The number of amides is 1. The highest BCUT2D eigenvalue weighted by atomic mass is 35.5. The molecule has 0 aromatic rings. The van der Waals surface area contributed by atoms with Crippen LogP contribution in [0.15, 0.2) is 0 Å². The van der Waals surface area contributed by atoms with Gasteiger partial charge in [-0.1, -0.05) is 12.8 Å². The maximum Gasteiger partial charge on any atom is 0.220 e. The van der Waals surface area contributed by atoms with Crippen LogP contribution in [0, 0.1) is 5.92 Å². The summed E-state index contributed by atoms with van der Waals surface area (Å²) in [5.74, 6) is 0.763. The van der Waals surface area contributed by atoms with Crippen molar-refractivity contribution in [3.8, 4) is 0 Å². The molecule has 0 aromatic carbocycles. The average molecular weight is 291 g/mol. The highest BCUT2D eigenvalue weighted by Crippen LogP contribution is 2.20. The quantitative estimate of drug-likeness (QED) is 0.734. The molecule has 1 aliphatic carbocycles. The van der Waals surface area contributed by atoms with Crippen molar-refractivity contribution >= 4 is 18.3 Å². The number of halogens is 1. The average Bonchev–Trinajstić information content (AvgIpc) is 2.89. The maximum absolute atomic E-state index is 11.7. The minimum absolute atomic E-state index is 0. The van der Waals surface area contributed by atoms with Crippen LogP contribution in [0.1, 0.15) is 44.9 Å². The monoisotopic (exact) mass is 290 g/mol. The van der Waals surface area contributed by atoms with Crippen LogP contribution in [0.3, 0.4) is 0 Å². The lowest BCUT2D eigenvalue weighted by atomic mass is 9.94. The first-order valence-electron chi connectivity index (χ1n) is 7.43. The second-order valence-corrected chi connectivity index (χ2v) is 5.52. The molecule has 2 N–H and O–H groups in total. The molecule has 1 aliphatic heterocycles. The van der Waals surface area contributed by atoms with Gasteiger partial charge < -0.3 is 15.4 Å². The van der Waals surface area contributed by atoms with Crippen LogP contribution in [-0.2, 0) is 9.53 Å². The summed E-state index contributed by atoms with van der Waals surface area (Å²) in [7, 11) is 0. The van der Waals surface area contributed by atoms with Gasteiger partial charge in [-0.3, -0.25) is 4.79 Å². The lowest BCUT2D eigenvalue weighted by Gasteiger charge is -2.22. The van der Waals surface area contributed by atoms with Gasteiger partial charge in [-0.2, -0.15) is 0 Å². The second kappa shape index (κ2) is 9.56. The highest BCUT2D eigenvalue weighted by Gasteiger charge is 2.17. The molecule has 112 valence electrons. The van der Waals surface area contributed by atoms with Crippen molar-refractivity contribution in [1.29, 1.82) is 0 Å². The molecule has 0 unspecified atom stereocenters. The van der Waals surface area contributed by atoms with E-state index in [1.54, 1.807) is 0 Å². The number of ether oxygens (including phenoxy) is 1. The Morgan fingerprint density at radius 3 is 2.53 bits per heavy atom. The summed E-state index contributed by atoms with van der Waals surface area (Å²) >= 11 is 0. The van der Waals surface area contributed by atoms with Crippen molar-refractivity contribution in [1.82, 2.24) is 10.6 Å². The van der Waals surface area contributed by atoms with Crippen molar-refractivity contribution < 1.29 is 9.53 Å². The predicted molar refractivity (Wildman–Crippen MR) is 78.7 cm³/mol. The van der Waals surface area contributed by atoms with Gasteiger partial charge >= 0.3 is 0 Å². The number of piperidine rings is 1. The molecule has 0 aromatic heterocycles. The van der Waals surface area contributed by atoms with Crippen molar-refractivity contribution in [3.05, 3.63) is 0 Å². The van der Waals surface area contributed by atoms with Crippen LogP contribution in [0.4, 0.5) is 0 Å². The van der Waals surface area contributed by atoms with Gasteiger partial charge in [-0.15, -0.1) is 12.4 Å². The molecule has 2 rings (SSSR count). The largest absolute Gasteiger partial charge is 0.376 e. The summed E-state index contributed by atoms with van der Waals surface area (Å²) in [6.07, 6.45) is 8.39. The fourth-order valence-electron chi connectivity index (χ4n) is 2.89. The molecule has 1 heterocycles. The topological polar surface area (TPSA) is 50.4 Å². The molecule has 4 nitrogen and oxygen atoms in total. The number of hydrogen-bond donors (Lipinski definition) is 2. The van der Waals surface area contributed by atoms with E-state index in [1.807, 2.05) is 0 Å². The maximum atomic E-state index is 11.7. The molecule has 2 fully saturated rings. The third-order valence-corrected chi connectivity index (χ3v) is 4.01. The molecule has 1 saturated heterocycles. The van der Waals surface area contributed by atoms with Crippen molar-refractivity contribution in [2.45, 2.75) is 51.0 Å². The van der Waals surface area contributed by atoms with E-state index in [1.165, 1.54) is 25.7 Å². The second-order valence-electron chi connectivity index (χ2n) is 5.52. The van der Waals surface area contributed by atoms with Crippen molar-refractivity contribution in [3.63, 3.8) is 0 Å². The number of rotatable bonds is 6. The molecule has 1 saturated carbocycles. The smallest absolute Gasteiger partial charge is 0.220 e. The van der Waals surface area contributed by atoms with E-state index in [-0.39, 0.29) is 18.3 Å². The summed E-state index contributed by atoms with van der Waals surface area (Å²) in [4.78, 5) is 11.7. The first-order valence-corrected chi connectivity index (χ1v) is 7.43. The van der Waals surface area contributed by atoms with E-state index < -0.39 is 0 Å². The van der Waals surface area contributed by atoms with Crippen LogP contribution < -0.4 is 10.6 Å². The van der Waals surface area contributed by atoms with Crippen LogP contribution >= 0.6 is 12.4 Å². The Labute approximate surface area is 122 Å². The number of carbonyl (C=O) groups excluding carboxylic acids is 1. The summed E-state index contributed by atoms with van der Waals surface area (Å²) in [5.41, 5.74) is 0. The number of carbonyl (C=O) groups is 1. The fourth-order valence-corrected chi connectivity index (χ4v) is 2.89. The van der Waals surface area contributed by atoms with E-state index in [4.69, 9.17) is 4.74 Å². The van der Waals surface area contributed by atoms with Gasteiger partial charge in [0.2, 0.25) is 5.91 Å². The standard InChI is InChI=1S/C14H26N2O2.ClH/c17-14(11-12-5-7-15-8-6-12)16-9-10-18-13-3-1-2-4-13;/h12-13,15H,1-11H2,(H,16,17);1H. The van der Waals surface area contributed by atoms with Gasteiger partial charge in [0.25, 0.3) is 0 Å². The molecule has 5 heteroatoms. The number of nitrogens with one attached hydrogen (secondary N) is 2. The summed E-state index contributed by atoms with van der Waals surface area (Å²) in [6, 6.07) is 0.